The molecule has 10 nitrogen and oxygen atoms in total. The lowest BCUT2D eigenvalue weighted by Crippen LogP contribution is -2.45. The van der Waals surface area contributed by atoms with Gasteiger partial charge in [0.15, 0.2) is 10.3 Å². The number of fused-ring (bicyclic) bond motifs is 2. The number of amides is 2. The Hall–Kier alpha value is -2.38. The summed E-state index contributed by atoms with van der Waals surface area (Å²) in [7, 11) is 0. The standard InChI is InChI=1S/C17H19ClN6O4S2/c1-16(2,19)12(27)23-14-21-7-6(18)8-10(5(11(25)26)9(7)29-14)30-15(22-8)24-13(28)17(3,4)20/h19-20H2,1-4H3,(H,25,26)(H,21,23,27)(H,22,24,28). The maximum absolute atomic E-state index is 12.1. The Bertz CT molecular complexity index is 1120. The van der Waals surface area contributed by atoms with Crippen molar-refractivity contribution in [3.05, 3.63) is 10.6 Å². The number of nitrogens with two attached hydrogens (primary N) is 2. The van der Waals surface area contributed by atoms with Gasteiger partial charge in [0.25, 0.3) is 0 Å². The van der Waals surface area contributed by atoms with Gasteiger partial charge in [-0.15, -0.1) is 0 Å². The molecule has 3 aromatic rings. The summed E-state index contributed by atoms with van der Waals surface area (Å²) < 4.78 is 0.539. The molecular formula is C17H19ClN6O4S2. The van der Waals surface area contributed by atoms with Gasteiger partial charge in [-0.3, -0.25) is 9.59 Å². The molecule has 0 aliphatic carbocycles. The van der Waals surface area contributed by atoms with Crippen molar-refractivity contribution in [2.24, 2.45) is 11.5 Å². The van der Waals surface area contributed by atoms with Crippen molar-refractivity contribution in [1.82, 2.24) is 9.97 Å². The van der Waals surface area contributed by atoms with Gasteiger partial charge in [0.1, 0.15) is 11.0 Å². The number of carbonyl (C=O) groups is 3. The highest BCUT2D eigenvalue weighted by Gasteiger charge is 2.28. The summed E-state index contributed by atoms with van der Waals surface area (Å²) >= 11 is 8.37. The fourth-order valence-corrected chi connectivity index (χ4v) is 4.78. The van der Waals surface area contributed by atoms with E-state index in [0.717, 1.165) is 22.7 Å². The SMILES string of the molecule is CC(C)(N)C(=O)Nc1nc2c(Cl)c3nc(NC(=O)C(C)(C)N)sc3c(C(=O)O)c2s1. The number of aromatic carboxylic acids is 1. The molecule has 0 saturated carbocycles. The number of aromatic nitrogens is 2. The molecule has 2 aromatic heterocycles. The van der Waals surface area contributed by atoms with Gasteiger partial charge < -0.3 is 27.2 Å². The largest absolute Gasteiger partial charge is 0.478 e. The van der Waals surface area contributed by atoms with Gasteiger partial charge >= 0.3 is 5.97 Å². The number of benzene rings is 1. The highest BCUT2D eigenvalue weighted by molar-refractivity contribution is 7.25. The molecule has 30 heavy (non-hydrogen) atoms. The fourth-order valence-electron chi connectivity index (χ4n) is 2.31. The molecule has 7 N–H and O–H groups in total. The molecule has 1 aromatic carbocycles. The molecule has 0 radical (unpaired) electrons. The van der Waals surface area contributed by atoms with Crippen LogP contribution in [0.5, 0.6) is 0 Å². The normalized spacial score (nSPS) is 12.4. The Morgan fingerprint density at radius 2 is 1.27 bits per heavy atom. The van der Waals surface area contributed by atoms with E-state index in [1.807, 2.05) is 0 Å². The predicted molar refractivity (Wildman–Crippen MR) is 119 cm³/mol. The lowest BCUT2D eigenvalue weighted by Gasteiger charge is -2.16. The lowest BCUT2D eigenvalue weighted by atomic mass is 10.1. The van der Waals surface area contributed by atoms with Crippen molar-refractivity contribution in [2.75, 3.05) is 10.6 Å². The zero-order valence-electron chi connectivity index (χ0n) is 16.4. The average Bonchev–Trinajstić information content (AvgIpc) is 3.17. The van der Waals surface area contributed by atoms with Gasteiger partial charge in [0.2, 0.25) is 11.8 Å². The van der Waals surface area contributed by atoms with Gasteiger partial charge in [-0.05, 0) is 27.7 Å². The molecule has 0 saturated heterocycles. The van der Waals surface area contributed by atoms with Gasteiger partial charge in [-0.1, -0.05) is 34.3 Å². The van der Waals surface area contributed by atoms with Crippen molar-refractivity contribution >= 4 is 82.8 Å². The van der Waals surface area contributed by atoms with E-state index < -0.39 is 28.9 Å². The predicted octanol–water partition coefficient (Wildman–Crippen LogP) is 2.61. The number of hydrogen-bond acceptors (Lipinski definition) is 9. The van der Waals surface area contributed by atoms with Crippen molar-refractivity contribution in [2.45, 2.75) is 38.8 Å². The smallest absolute Gasteiger partial charge is 0.338 e. The first-order valence-corrected chi connectivity index (χ1v) is 10.6. The van der Waals surface area contributed by atoms with E-state index in [2.05, 4.69) is 20.6 Å². The molecule has 2 amide bonds. The van der Waals surface area contributed by atoms with E-state index in [1.165, 1.54) is 27.7 Å². The van der Waals surface area contributed by atoms with Crippen molar-refractivity contribution in [3.63, 3.8) is 0 Å². The maximum atomic E-state index is 12.1. The number of nitrogens with one attached hydrogen (secondary N) is 2. The summed E-state index contributed by atoms with van der Waals surface area (Å²) in [5, 5.41) is 15.4. The van der Waals surface area contributed by atoms with E-state index in [4.69, 9.17) is 23.1 Å². The summed E-state index contributed by atoms with van der Waals surface area (Å²) in [5.74, 6) is -2.18. The third kappa shape index (κ3) is 4.09. The van der Waals surface area contributed by atoms with Crippen LogP contribution in [-0.2, 0) is 9.59 Å². The molecule has 0 atom stereocenters. The third-order valence-electron chi connectivity index (χ3n) is 3.95. The molecule has 3 rings (SSSR count). The van der Waals surface area contributed by atoms with Gasteiger partial charge in [-0.25, -0.2) is 14.8 Å². The molecule has 2 heterocycles. The number of nitrogens with zero attached hydrogens (tertiary/aromatic N) is 2. The number of carboxylic acids is 1. The highest BCUT2D eigenvalue weighted by Crippen LogP contribution is 2.43. The van der Waals surface area contributed by atoms with Gasteiger partial charge in [-0.2, -0.15) is 0 Å². The second-order valence-corrected chi connectivity index (χ2v) is 10.1. The Morgan fingerprint density at radius 3 is 1.57 bits per heavy atom. The van der Waals surface area contributed by atoms with Crippen LogP contribution in [0.25, 0.3) is 20.4 Å². The van der Waals surface area contributed by atoms with E-state index in [1.54, 1.807) is 0 Å². The minimum atomic E-state index is -1.22. The van der Waals surface area contributed by atoms with Crippen LogP contribution in [0.3, 0.4) is 0 Å². The van der Waals surface area contributed by atoms with Crippen LogP contribution in [0.4, 0.5) is 10.3 Å². The molecule has 0 unspecified atom stereocenters. The Labute approximate surface area is 183 Å². The molecule has 0 aliphatic heterocycles. The number of hydrogen-bond donors (Lipinski definition) is 5. The summed E-state index contributed by atoms with van der Waals surface area (Å²) in [6.07, 6.45) is 0. The molecule has 160 valence electrons. The topological polar surface area (TPSA) is 173 Å². The van der Waals surface area contributed by atoms with E-state index in [0.29, 0.717) is 0 Å². The lowest BCUT2D eigenvalue weighted by molar-refractivity contribution is -0.120. The zero-order valence-corrected chi connectivity index (χ0v) is 18.8. The maximum Gasteiger partial charge on any atom is 0.338 e. The zero-order chi connectivity index (χ0) is 22.6. The monoisotopic (exact) mass is 470 g/mol. The van der Waals surface area contributed by atoms with Gasteiger partial charge in [0, 0.05) is 0 Å². The van der Waals surface area contributed by atoms with Crippen LogP contribution in [-0.4, -0.2) is 43.9 Å². The molecule has 13 heteroatoms. The van der Waals surface area contributed by atoms with Crippen LogP contribution in [0.1, 0.15) is 38.1 Å². The van der Waals surface area contributed by atoms with Crippen molar-refractivity contribution in [3.8, 4) is 0 Å². The molecule has 0 bridgehead atoms. The van der Waals surface area contributed by atoms with E-state index in [9.17, 15) is 19.5 Å². The number of carbonyl (C=O) groups excluding carboxylic acids is 2. The third-order valence-corrected chi connectivity index (χ3v) is 6.28. The Morgan fingerprint density at radius 1 is 0.900 bits per heavy atom. The second-order valence-electron chi connectivity index (χ2n) is 7.74. The Kier molecular flexibility index (Phi) is 5.50. The summed E-state index contributed by atoms with van der Waals surface area (Å²) in [6.45, 7) is 6.13. The fraction of sp³-hybridized carbons (Fsp3) is 0.353. The number of carboxylic acid groups (broad SMARTS) is 1. The van der Waals surface area contributed by atoms with E-state index in [-0.39, 0.29) is 41.3 Å². The molecule has 0 spiro atoms. The quantitative estimate of drug-likeness (QED) is 0.378. The highest BCUT2D eigenvalue weighted by atomic mass is 35.5. The van der Waals surface area contributed by atoms with Crippen molar-refractivity contribution in [1.29, 1.82) is 0 Å². The number of halogens is 1. The van der Waals surface area contributed by atoms with Crippen LogP contribution in [0, 0.1) is 0 Å². The second kappa shape index (κ2) is 7.39. The van der Waals surface area contributed by atoms with Crippen LogP contribution in [0.15, 0.2) is 0 Å². The number of rotatable bonds is 5. The summed E-state index contributed by atoms with van der Waals surface area (Å²) in [6, 6.07) is 0. The van der Waals surface area contributed by atoms with Crippen molar-refractivity contribution < 1.29 is 19.5 Å². The van der Waals surface area contributed by atoms with E-state index >= 15 is 0 Å². The summed E-state index contributed by atoms with van der Waals surface area (Å²) in [4.78, 5) is 44.8. The van der Waals surface area contributed by atoms with Gasteiger partial charge in [0.05, 0.1) is 31.1 Å². The first kappa shape index (κ1) is 22.3. The van der Waals surface area contributed by atoms with Crippen LogP contribution >= 0.6 is 34.3 Å². The minimum absolute atomic E-state index is 0.0700. The minimum Gasteiger partial charge on any atom is -0.478 e. The number of anilines is 2. The van der Waals surface area contributed by atoms with Crippen LogP contribution in [0.2, 0.25) is 5.02 Å². The Balaban J connectivity index is 2.16. The summed E-state index contributed by atoms with van der Waals surface area (Å²) in [5.41, 5.74) is 9.54. The molecule has 0 fully saturated rings. The molecule has 0 aliphatic rings. The average molecular weight is 471 g/mol. The first-order valence-electron chi connectivity index (χ1n) is 8.56. The van der Waals surface area contributed by atoms with Crippen LogP contribution < -0.4 is 22.1 Å². The first-order chi connectivity index (χ1) is 13.7. The molecular weight excluding hydrogens is 452 g/mol. The number of thiazole rings is 2.